The number of halogens is 3. The summed E-state index contributed by atoms with van der Waals surface area (Å²) in [5.41, 5.74) is 2.84. The van der Waals surface area contributed by atoms with E-state index in [0.29, 0.717) is 5.56 Å². The molecule has 0 bridgehead atoms. The lowest BCUT2D eigenvalue weighted by atomic mass is 10.0. The molecule has 1 saturated heterocycles. The molecule has 1 aliphatic rings. The van der Waals surface area contributed by atoms with Gasteiger partial charge in [0.2, 0.25) is 0 Å². The highest BCUT2D eigenvalue weighted by Gasteiger charge is 2.60. The van der Waals surface area contributed by atoms with Crippen LogP contribution in [0.1, 0.15) is 18.0 Å². The lowest BCUT2D eigenvalue weighted by Crippen LogP contribution is -2.45. The lowest BCUT2D eigenvalue weighted by Gasteiger charge is -2.22. The fourth-order valence-electron chi connectivity index (χ4n) is 1.57. The van der Waals surface area contributed by atoms with Crippen LogP contribution in [0.15, 0.2) is 30.3 Å². The normalized spacial score (nSPS) is 30.6. The predicted molar refractivity (Wildman–Crippen MR) is 49.0 cm³/mol. The third-order valence-corrected chi connectivity index (χ3v) is 2.50. The van der Waals surface area contributed by atoms with E-state index < -0.39 is 24.4 Å². The molecule has 0 radical (unpaired) electrons. The number of hydroxylamine groups is 1. The highest BCUT2D eigenvalue weighted by atomic mass is 19.4. The molecule has 0 aliphatic carbocycles. The second-order valence-electron chi connectivity index (χ2n) is 3.67. The molecule has 2 atom stereocenters. The van der Waals surface area contributed by atoms with Gasteiger partial charge in [0.15, 0.2) is 0 Å². The van der Waals surface area contributed by atoms with Crippen LogP contribution in [-0.2, 0) is 4.84 Å². The first kappa shape index (κ1) is 11.4. The van der Waals surface area contributed by atoms with Crippen molar-refractivity contribution in [2.45, 2.75) is 24.4 Å². The highest BCUT2D eigenvalue weighted by Crippen LogP contribution is 2.41. The molecule has 6 heteroatoms. The smallest absolute Gasteiger partial charge is 0.357 e. The fourth-order valence-corrected chi connectivity index (χ4v) is 1.57. The molecule has 0 spiro atoms. The zero-order valence-corrected chi connectivity index (χ0v) is 8.16. The molecule has 0 amide bonds. The van der Waals surface area contributed by atoms with E-state index in [2.05, 4.69) is 10.3 Å². The van der Waals surface area contributed by atoms with Gasteiger partial charge in [-0.25, -0.2) is 0 Å². The topological polar surface area (TPSA) is 41.5 Å². The van der Waals surface area contributed by atoms with Gasteiger partial charge in [0, 0.05) is 6.42 Å². The minimum absolute atomic E-state index is 0.555. The van der Waals surface area contributed by atoms with Crippen LogP contribution in [0, 0.1) is 0 Å². The minimum Gasteiger partial charge on any atom is -0.357 e. The summed E-state index contributed by atoms with van der Waals surface area (Å²) >= 11 is 0. The first-order valence-corrected chi connectivity index (χ1v) is 4.70. The maximum Gasteiger partial charge on any atom is 0.444 e. The molecule has 1 aromatic rings. The third kappa shape index (κ3) is 1.91. The summed E-state index contributed by atoms with van der Waals surface area (Å²) in [6.45, 7) is 0. The Kier molecular flexibility index (Phi) is 2.65. The van der Waals surface area contributed by atoms with Crippen LogP contribution < -0.4 is 5.48 Å². The van der Waals surface area contributed by atoms with Crippen LogP contribution >= 0.6 is 0 Å². The van der Waals surface area contributed by atoms with Gasteiger partial charge < -0.3 is 5.11 Å². The second kappa shape index (κ2) is 3.73. The monoisotopic (exact) mass is 233 g/mol. The van der Waals surface area contributed by atoms with Gasteiger partial charge in [0.25, 0.3) is 5.79 Å². The first-order valence-electron chi connectivity index (χ1n) is 4.70. The van der Waals surface area contributed by atoms with E-state index in [1.165, 1.54) is 0 Å². The number of hydrogen-bond acceptors (Lipinski definition) is 3. The molecule has 1 aliphatic heterocycles. The number of nitrogens with one attached hydrogen (secondary N) is 1. The Morgan fingerprint density at radius 3 is 2.44 bits per heavy atom. The number of aliphatic hydroxyl groups is 1. The van der Waals surface area contributed by atoms with E-state index in [1.807, 2.05) is 0 Å². The summed E-state index contributed by atoms with van der Waals surface area (Å²) in [6.07, 6.45) is -5.36. The second-order valence-corrected chi connectivity index (χ2v) is 3.67. The molecule has 1 heterocycles. The van der Waals surface area contributed by atoms with Gasteiger partial charge >= 0.3 is 6.18 Å². The van der Waals surface area contributed by atoms with E-state index in [1.54, 1.807) is 30.3 Å². The number of alkyl halides is 3. The average Bonchev–Trinajstić information content (AvgIpc) is 2.63. The maximum absolute atomic E-state index is 12.4. The molecule has 0 aromatic heterocycles. The van der Waals surface area contributed by atoms with Gasteiger partial charge in [0.05, 0.1) is 6.04 Å². The van der Waals surface area contributed by atoms with Crippen molar-refractivity contribution in [3.8, 4) is 0 Å². The Balaban J connectivity index is 2.15. The summed E-state index contributed by atoms with van der Waals surface area (Å²) in [6, 6.07) is 7.86. The Hall–Kier alpha value is -1.11. The van der Waals surface area contributed by atoms with E-state index >= 15 is 0 Å². The lowest BCUT2D eigenvalue weighted by molar-refractivity contribution is -0.361. The van der Waals surface area contributed by atoms with Crippen LogP contribution in [0.3, 0.4) is 0 Å². The van der Waals surface area contributed by atoms with Gasteiger partial charge in [-0.15, -0.1) is 0 Å². The number of rotatable bonds is 1. The highest BCUT2D eigenvalue weighted by molar-refractivity contribution is 5.19. The van der Waals surface area contributed by atoms with Gasteiger partial charge in [-0.1, -0.05) is 30.3 Å². The van der Waals surface area contributed by atoms with Gasteiger partial charge in [0.1, 0.15) is 0 Å². The Labute approximate surface area is 89.8 Å². The molecular weight excluding hydrogens is 223 g/mol. The molecule has 16 heavy (non-hydrogen) atoms. The maximum atomic E-state index is 12.4. The first-order chi connectivity index (χ1) is 7.42. The van der Waals surface area contributed by atoms with Crippen molar-refractivity contribution in [2.24, 2.45) is 0 Å². The molecule has 88 valence electrons. The average molecular weight is 233 g/mol. The Bertz CT molecular complexity index is 368. The Morgan fingerprint density at radius 1 is 1.31 bits per heavy atom. The van der Waals surface area contributed by atoms with Crippen molar-refractivity contribution in [1.29, 1.82) is 0 Å². The summed E-state index contributed by atoms with van der Waals surface area (Å²) in [4.78, 5) is 4.25. The largest absolute Gasteiger partial charge is 0.444 e. The molecule has 1 fully saturated rings. The molecule has 0 saturated carbocycles. The van der Waals surface area contributed by atoms with Gasteiger partial charge in [-0.05, 0) is 5.56 Å². The van der Waals surface area contributed by atoms with E-state index in [-0.39, 0.29) is 0 Å². The third-order valence-electron chi connectivity index (χ3n) is 2.50. The quantitative estimate of drug-likeness (QED) is 0.778. The minimum atomic E-state index is -4.80. The summed E-state index contributed by atoms with van der Waals surface area (Å²) in [7, 11) is 0. The molecule has 3 nitrogen and oxygen atoms in total. The molecule has 2 N–H and O–H groups in total. The van der Waals surface area contributed by atoms with Crippen LogP contribution in [-0.4, -0.2) is 17.1 Å². The zero-order chi connectivity index (χ0) is 11.8. The van der Waals surface area contributed by atoms with Crippen molar-refractivity contribution in [1.82, 2.24) is 5.48 Å². The van der Waals surface area contributed by atoms with Gasteiger partial charge in [-0.2, -0.15) is 18.7 Å². The van der Waals surface area contributed by atoms with Crippen LogP contribution in [0.25, 0.3) is 0 Å². The number of hydrogen-bond donors (Lipinski definition) is 2. The molecular formula is C10H10F3NO2. The zero-order valence-electron chi connectivity index (χ0n) is 8.16. The van der Waals surface area contributed by atoms with Crippen molar-refractivity contribution in [2.75, 3.05) is 0 Å². The van der Waals surface area contributed by atoms with Crippen molar-refractivity contribution in [3.05, 3.63) is 35.9 Å². The predicted octanol–water partition coefficient (Wildman–Crippen LogP) is 1.90. The summed E-state index contributed by atoms with van der Waals surface area (Å²) < 4.78 is 37.3. The van der Waals surface area contributed by atoms with Crippen molar-refractivity contribution < 1.29 is 23.1 Å². The summed E-state index contributed by atoms with van der Waals surface area (Å²) in [5, 5.41) is 9.25. The van der Waals surface area contributed by atoms with Crippen molar-refractivity contribution >= 4 is 0 Å². The SMILES string of the molecule is O[C@]1(C(F)(F)F)C[C@H](c2ccccc2)NO1. The summed E-state index contributed by atoms with van der Waals surface area (Å²) in [5.74, 6) is -3.10. The van der Waals surface area contributed by atoms with Crippen LogP contribution in [0.5, 0.6) is 0 Å². The fraction of sp³-hybridized carbons (Fsp3) is 0.400. The Morgan fingerprint density at radius 2 is 1.94 bits per heavy atom. The van der Waals surface area contributed by atoms with E-state index in [4.69, 9.17) is 0 Å². The van der Waals surface area contributed by atoms with E-state index in [9.17, 15) is 18.3 Å². The molecule has 0 unspecified atom stereocenters. The number of benzene rings is 1. The van der Waals surface area contributed by atoms with Crippen molar-refractivity contribution in [3.63, 3.8) is 0 Å². The molecule has 2 rings (SSSR count). The van der Waals surface area contributed by atoms with Crippen LogP contribution in [0.2, 0.25) is 0 Å². The standard InChI is InChI=1S/C10H10F3NO2/c11-10(12,13)9(15)6-8(14-16-9)7-4-2-1-3-5-7/h1-5,8,14-15H,6H2/t8-,9-/m1/s1. The van der Waals surface area contributed by atoms with E-state index in [0.717, 1.165) is 0 Å². The van der Waals surface area contributed by atoms with Crippen LogP contribution in [0.4, 0.5) is 13.2 Å². The van der Waals surface area contributed by atoms with Gasteiger partial charge in [-0.3, -0.25) is 4.84 Å². The molecule has 1 aromatic carbocycles.